The number of carbonyl (C=O) groups is 1. The number of nitrogens with zero attached hydrogens (tertiary/aromatic N) is 5. The molecule has 2 saturated heterocycles. The number of hydrogen-bond acceptors (Lipinski definition) is 9. The molecule has 0 bridgehead atoms. The van der Waals surface area contributed by atoms with E-state index in [0.717, 1.165) is 38.4 Å². The van der Waals surface area contributed by atoms with E-state index in [1.165, 1.54) is 12.4 Å². The predicted molar refractivity (Wildman–Crippen MR) is 158 cm³/mol. The Hall–Kier alpha value is -4.22. The number of aromatic nitrogens is 2. The summed E-state index contributed by atoms with van der Waals surface area (Å²) in [6, 6.07) is 10.6. The highest BCUT2D eigenvalue weighted by molar-refractivity contribution is 6.02. The maximum Gasteiger partial charge on any atom is 0.247 e. The number of aryl methyl sites for hydroxylation is 1. The summed E-state index contributed by atoms with van der Waals surface area (Å²) in [7, 11) is 1.60. The summed E-state index contributed by atoms with van der Waals surface area (Å²) in [6.45, 7) is 12.5. The number of nitrogens with one attached hydrogen (secondary N) is 2. The minimum Gasteiger partial charge on any atom is -0.494 e. The third kappa shape index (κ3) is 6.10. The molecule has 1 aromatic heterocycles. The summed E-state index contributed by atoms with van der Waals surface area (Å²) in [5, 5.41) is 7.89. The molecule has 5 rings (SSSR count). The van der Waals surface area contributed by atoms with Crippen molar-refractivity contribution in [1.82, 2.24) is 14.9 Å². The molecule has 0 spiro atoms. The van der Waals surface area contributed by atoms with Crippen LogP contribution < -0.4 is 25.3 Å². The number of anilines is 5. The van der Waals surface area contributed by atoms with Crippen LogP contribution in [0.3, 0.4) is 0 Å². The fourth-order valence-electron chi connectivity index (χ4n) is 5.27. The molecular weight excluding hydrogens is 525 g/mol. The van der Waals surface area contributed by atoms with Gasteiger partial charge in [0.05, 0.1) is 36.8 Å². The quantitative estimate of drug-likeness (QED) is 0.357. The fourth-order valence-corrected chi connectivity index (χ4v) is 5.27. The maximum absolute atomic E-state index is 15.0. The number of halogens is 1. The van der Waals surface area contributed by atoms with Crippen molar-refractivity contribution in [1.29, 1.82) is 0 Å². The lowest BCUT2D eigenvalue weighted by atomic mass is 10.0. The van der Waals surface area contributed by atoms with E-state index >= 15 is 0 Å². The number of hydrogen-bond donors (Lipinski definition) is 2. The van der Waals surface area contributed by atoms with E-state index in [-0.39, 0.29) is 17.8 Å². The molecular formula is C30H36FN7O3. The number of carbonyl (C=O) groups excluding carboxylic acids is 1. The Morgan fingerprint density at radius 2 is 2.00 bits per heavy atom. The third-order valence-corrected chi connectivity index (χ3v) is 7.55. The van der Waals surface area contributed by atoms with Crippen molar-refractivity contribution >= 4 is 34.6 Å². The van der Waals surface area contributed by atoms with Gasteiger partial charge in [-0.25, -0.2) is 19.4 Å². The molecule has 1 amide bonds. The third-order valence-electron chi connectivity index (χ3n) is 7.55. The SMILES string of the molecule is C=CC(=O)Nc1cc(Nc2cc(N3OCCC3c3cccc(C)c3F)ncn2)c(OC)cc1N1CCN(CC)CC1. The Kier molecular flexibility index (Phi) is 8.65. The summed E-state index contributed by atoms with van der Waals surface area (Å²) in [5.41, 5.74) is 3.26. The van der Waals surface area contributed by atoms with E-state index in [1.54, 1.807) is 37.3 Å². The van der Waals surface area contributed by atoms with Gasteiger partial charge >= 0.3 is 0 Å². The Morgan fingerprint density at radius 3 is 2.73 bits per heavy atom. The monoisotopic (exact) mass is 561 g/mol. The van der Waals surface area contributed by atoms with Crippen molar-refractivity contribution < 1.29 is 18.8 Å². The van der Waals surface area contributed by atoms with Gasteiger partial charge in [-0.15, -0.1) is 0 Å². The highest BCUT2D eigenvalue weighted by atomic mass is 19.1. The standard InChI is InChI=1S/C30H36FN7O3/c1-5-29(39)35-22-16-23(26(40-4)17-25(22)37-13-11-36(6-2)12-14-37)34-27-18-28(33-19-32-27)38-24(10-15-41-38)21-9-7-8-20(3)30(21)31/h5,7-9,16-19,24H,1,6,10-15H2,2-4H3,(H,35,39)(H,32,33,34). The van der Waals surface area contributed by atoms with Crippen LogP contribution in [-0.4, -0.2) is 67.2 Å². The highest BCUT2D eigenvalue weighted by Crippen LogP contribution is 2.40. The van der Waals surface area contributed by atoms with Gasteiger partial charge in [-0.05, 0) is 31.2 Å². The molecule has 3 heterocycles. The zero-order valence-corrected chi connectivity index (χ0v) is 23.7. The average Bonchev–Trinajstić information content (AvgIpc) is 3.49. The van der Waals surface area contributed by atoms with Gasteiger partial charge in [0.15, 0.2) is 5.82 Å². The van der Waals surface area contributed by atoms with Crippen LogP contribution in [0.2, 0.25) is 0 Å². The van der Waals surface area contributed by atoms with Crippen molar-refractivity contribution in [2.24, 2.45) is 0 Å². The van der Waals surface area contributed by atoms with Crippen LogP contribution in [0, 0.1) is 12.7 Å². The van der Waals surface area contributed by atoms with Crippen LogP contribution in [0.4, 0.5) is 33.1 Å². The van der Waals surface area contributed by atoms with Gasteiger partial charge in [-0.2, -0.15) is 0 Å². The summed E-state index contributed by atoms with van der Waals surface area (Å²) in [6.07, 6.45) is 3.30. The van der Waals surface area contributed by atoms with Crippen LogP contribution in [0.1, 0.15) is 30.5 Å². The molecule has 0 radical (unpaired) electrons. The van der Waals surface area contributed by atoms with Crippen molar-refractivity contribution in [2.45, 2.75) is 26.3 Å². The lowest BCUT2D eigenvalue weighted by Gasteiger charge is -2.36. The minimum absolute atomic E-state index is 0.240. The Bertz CT molecular complexity index is 1410. The molecule has 0 aliphatic carbocycles. The molecule has 2 aliphatic heterocycles. The van der Waals surface area contributed by atoms with Crippen molar-refractivity contribution in [3.05, 3.63) is 72.3 Å². The molecule has 1 unspecified atom stereocenters. The van der Waals surface area contributed by atoms with Gasteiger partial charge in [-0.3, -0.25) is 9.63 Å². The van der Waals surface area contributed by atoms with Crippen LogP contribution >= 0.6 is 0 Å². The average molecular weight is 562 g/mol. The molecule has 11 heteroatoms. The molecule has 1 atom stereocenters. The molecule has 2 N–H and O–H groups in total. The van der Waals surface area contributed by atoms with Gasteiger partial charge in [0.1, 0.15) is 23.7 Å². The number of hydroxylamine groups is 1. The van der Waals surface area contributed by atoms with Crippen LogP contribution in [-0.2, 0) is 9.63 Å². The molecule has 2 aromatic carbocycles. The normalized spacial score (nSPS) is 17.4. The van der Waals surface area contributed by atoms with Gasteiger partial charge in [0, 0.05) is 50.3 Å². The van der Waals surface area contributed by atoms with E-state index in [4.69, 9.17) is 9.57 Å². The Morgan fingerprint density at radius 1 is 1.20 bits per heavy atom. The van der Waals surface area contributed by atoms with E-state index in [0.29, 0.717) is 52.9 Å². The molecule has 41 heavy (non-hydrogen) atoms. The van der Waals surface area contributed by atoms with Gasteiger partial charge < -0.3 is 25.2 Å². The second-order valence-electron chi connectivity index (χ2n) is 10.0. The highest BCUT2D eigenvalue weighted by Gasteiger charge is 2.31. The summed E-state index contributed by atoms with van der Waals surface area (Å²) in [5.74, 6) is 1.02. The summed E-state index contributed by atoms with van der Waals surface area (Å²) in [4.78, 5) is 31.7. The molecule has 2 fully saturated rings. The lowest BCUT2D eigenvalue weighted by molar-refractivity contribution is -0.111. The first-order valence-electron chi connectivity index (χ1n) is 13.8. The number of rotatable bonds is 9. The predicted octanol–water partition coefficient (Wildman–Crippen LogP) is 4.83. The number of ether oxygens (including phenoxy) is 1. The van der Waals surface area contributed by atoms with E-state index in [1.807, 2.05) is 18.2 Å². The first-order valence-corrected chi connectivity index (χ1v) is 13.8. The lowest BCUT2D eigenvalue weighted by Crippen LogP contribution is -2.46. The molecule has 3 aromatic rings. The molecule has 0 saturated carbocycles. The zero-order chi connectivity index (χ0) is 28.9. The minimum atomic E-state index is -0.319. The zero-order valence-electron chi connectivity index (χ0n) is 23.7. The smallest absolute Gasteiger partial charge is 0.247 e. The van der Waals surface area contributed by atoms with Crippen molar-refractivity contribution in [3.63, 3.8) is 0 Å². The van der Waals surface area contributed by atoms with E-state index in [2.05, 4.69) is 43.9 Å². The first kappa shape index (κ1) is 28.3. The van der Waals surface area contributed by atoms with Crippen molar-refractivity contribution in [2.75, 3.05) is 67.0 Å². The number of likely N-dealkylation sites (N-methyl/N-ethyl adjacent to an activating group) is 1. The molecule has 10 nitrogen and oxygen atoms in total. The fraction of sp³-hybridized carbons (Fsp3) is 0.367. The van der Waals surface area contributed by atoms with Crippen LogP contribution in [0.25, 0.3) is 0 Å². The number of benzene rings is 2. The Balaban J connectivity index is 1.44. The second-order valence-corrected chi connectivity index (χ2v) is 10.0. The van der Waals surface area contributed by atoms with Crippen LogP contribution in [0.15, 0.2) is 55.4 Å². The topological polar surface area (TPSA) is 95.1 Å². The largest absolute Gasteiger partial charge is 0.494 e. The number of piperazine rings is 1. The summed E-state index contributed by atoms with van der Waals surface area (Å²) < 4.78 is 20.7. The van der Waals surface area contributed by atoms with E-state index in [9.17, 15) is 9.18 Å². The maximum atomic E-state index is 15.0. The summed E-state index contributed by atoms with van der Waals surface area (Å²) >= 11 is 0. The number of methoxy groups -OCH3 is 1. The van der Waals surface area contributed by atoms with E-state index < -0.39 is 0 Å². The molecule has 216 valence electrons. The van der Waals surface area contributed by atoms with Crippen molar-refractivity contribution in [3.8, 4) is 5.75 Å². The van der Waals surface area contributed by atoms with Gasteiger partial charge in [0.2, 0.25) is 5.91 Å². The van der Waals surface area contributed by atoms with Gasteiger partial charge in [0.25, 0.3) is 0 Å². The molecule has 2 aliphatic rings. The Labute approximate surface area is 239 Å². The van der Waals surface area contributed by atoms with Gasteiger partial charge in [-0.1, -0.05) is 31.7 Å². The second kappa shape index (κ2) is 12.5. The van der Waals surface area contributed by atoms with Crippen LogP contribution in [0.5, 0.6) is 5.75 Å². The first-order chi connectivity index (χ1) is 19.9. The number of amides is 1.